The Kier molecular flexibility index (Phi) is 5.38. The van der Waals surface area contributed by atoms with Crippen molar-refractivity contribution in [1.29, 1.82) is 0 Å². The number of carbonyl (C=O) groups is 1. The zero-order chi connectivity index (χ0) is 12.8. The molecule has 6 heteroatoms. The monoisotopic (exact) mass is 276 g/mol. The Balaban J connectivity index is 2.55. The van der Waals surface area contributed by atoms with E-state index >= 15 is 0 Å². The van der Waals surface area contributed by atoms with E-state index in [1.54, 1.807) is 12.1 Å². The third-order valence-corrected chi connectivity index (χ3v) is 2.53. The minimum atomic E-state index is -0.0739. The zero-order valence-electron chi connectivity index (χ0n) is 9.43. The van der Waals surface area contributed by atoms with Crippen molar-refractivity contribution in [2.75, 3.05) is 18.9 Å². The number of benzene rings is 1. The lowest BCUT2D eigenvalue weighted by Crippen LogP contribution is -2.24. The minimum absolute atomic E-state index is 0.0739. The molecule has 1 rings (SSSR count). The highest BCUT2D eigenvalue weighted by atomic mass is 35.5. The van der Waals surface area contributed by atoms with Crippen molar-refractivity contribution in [2.24, 2.45) is 0 Å². The Morgan fingerprint density at radius 2 is 2.00 bits per heavy atom. The summed E-state index contributed by atoms with van der Waals surface area (Å²) in [4.78, 5) is 11.2. The van der Waals surface area contributed by atoms with Crippen LogP contribution in [0.3, 0.4) is 0 Å². The van der Waals surface area contributed by atoms with E-state index in [0.29, 0.717) is 28.0 Å². The van der Waals surface area contributed by atoms with E-state index in [0.717, 1.165) is 0 Å². The van der Waals surface area contributed by atoms with Crippen molar-refractivity contribution in [3.05, 3.63) is 22.2 Å². The van der Waals surface area contributed by atoms with E-state index in [1.807, 2.05) is 6.92 Å². The molecule has 1 aromatic rings. The van der Waals surface area contributed by atoms with Crippen LogP contribution in [0.1, 0.15) is 13.3 Å². The minimum Gasteiger partial charge on any atom is -0.490 e. The van der Waals surface area contributed by atoms with Gasteiger partial charge in [0.05, 0.1) is 23.1 Å². The number of ether oxygens (including phenoxy) is 1. The van der Waals surface area contributed by atoms with Gasteiger partial charge in [-0.15, -0.1) is 0 Å². The zero-order valence-corrected chi connectivity index (χ0v) is 10.9. The average molecular weight is 277 g/mol. The SMILES string of the molecule is CCNC(=O)CCOc1c(Cl)cc(N)cc1Cl. The second kappa shape index (κ2) is 6.57. The lowest BCUT2D eigenvalue weighted by atomic mass is 10.3. The van der Waals surface area contributed by atoms with Crippen LogP contribution in [0.5, 0.6) is 5.75 Å². The van der Waals surface area contributed by atoms with Crippen LogP contribution < -0.4 is 15.8 Å². The second-order valence-electron chi connectivity index (χ2n) is 3.37. The Morgan fingerprint density at radius 1 is 1.41 bits per heavy atom. The Labute approximate surface area is 110 Å². The van der Waals surface area contributed by atoms with Gasteiger partial charge in [-0.25, -0.2) is 0 Å². The fourth-order valence-electron chi connectivity index (χ4n) is 1.25. The molecule has 0 unspecified atom stereocenters. The van der Waals surface area contributed by atoms with E-state index in [1.165, 1.54) is 0 Å². The van der Waals surface area contributed by atoms with Crippen LogP contribution in [0.15, 0.2) is 12.1 Å². The van der Waals surface area contributed by atoms with Crippen molar-refractivity contribution in [3.8, 4) is 5.75 Å². The first-order chi connectivity index (χ1) is 8.04. The molecule has 0 atom stereocenters. The topological polar surface area (TPSA) is 64.3 Å². The molecular weight excluding hydrogens is 263 g/mol. The van der Waals surface area contributed by atoms with Crippen molar-refractivity contribution in [2.45, 2.75) is 13.3 Å². The van der Waals surface area contributed by atoms with Crippen molar-refractivity contribution in [1.82, 2.24) is 5.32 Å². The summed E-state index contributed by atoms with van der Waals surface area (Å²) in [6.45, 7) is 2.67. The normalized spacial score (nSPS) is 10.1. The van der Waals surface area contributed by atoms with Gasteiger partial charge in [0.15, 0.2) is 5.75 Å². The predicted molar refractivity (Wildman–Crippen MR) is 69.7 cm³/mol. The summed E-state index contributed by atoms with van der Waals surface area (Å²) in [5.74, 6) is 0.280. The third kappa shape index (κ3) is 4.32. The first-order valence-electron chi connectivity index (χ1n) is 5.18. The molecule has 4 nitrogen and oxygen atoms in total. The molecule has 0 bridgehead atoms. The number of nitrogens with two attached hydrogens (primary N) is 1. The van der Waals surface area contributed by atoms with Gasteiger partial charge in [-0.1, -0.05) is 23.2 Å². The highest BCUT2D eigenvalue weighted by Crippen LogP contribution is 2.35. The van der Waals surface area contributed by atoms with E-state index < -0.39 is 0 Å². The van der Waals surface area contributed by atoms with Crippen LogP contribution in [0.25, 0.3) is 0 Å². The maximum atomic E-state index is 11.2. The Morgan fingerprint density at radius 3 is 2.53 bits per heavy atom. The van der Waals surface area contributed by atoms with Gasteiger partial charge in [0.25, 0.3) is 0 Å². The first kappa shape index (κ1) is 13.9. The molecule has 94 valence electrons. The lowest BCUT2D eigenvalue weighted by Gasteiger charge is -2.10. The highest BCUT2D eigenvalue weighted by molar-refractivity contribution is 6.37. The molecule has 0 radical (unpaired) electrons. The molecule has 0 aromatic heterocycles. The van der Waals surface area contributed by atoms with Gasteiger partial charge >= 0.3 is 0 Å². The smallest absolute Gasteiger partial charge is 0.223 e. The fraction of sp³-hybridized carbons (Fsp3) is 0.364. The maximum absolute atomic E-state index is 11.2. The summed E-state index contributed by atoms with van der Waals surface area (Å²) in [5, 5.41) is 3.34. The molecule has 0 aliphatic heterocycles. The van der Waals surface area contributed by atoms with Crippen LogP contribution in [-0.2, 0) is 4.79 Å². The number of nitrogen functional groups attached to an aromatic ring is 1. The molecular formula is C11H14Cl2N2O2. The van der Waals surface area contributed by atoms with E-state index in [9.17, 15) is 4.79 Å². The van der Waals surface area contributed by atoms with Gasteiger partial charge in [0.1, 0.15) is 0 Å². The van der Waals surface area contributed by atoms with E-state index in [-0.39, 0.29) is 18.9 Å². The Hall–Kier alpha value is -1.13. The summed E-state index contributed by atoms with van der Waals surface area (Å²) in [5.41, 5.74) is 6.02. The largest absolute Gasteiger partial charge is 0.490 e. The Bertz CT molecular complexity index is 387. The van der Waals surface area contributed by atoms with Gasteiger partial charge in [0.2, 0.25) is 5.91 Å². The third-order valence-electron chi connectivity index (χ3n) is 1.97. The number of rotatable bonds is 5. The van der Waals surface area contributed by atoms with Crippen molar-refractivity contribution in [3.63, 3.8) is 0 Å². The summed E-state index contributed by atoms with van der Waals surface area (Å²) in [6.07, 6.45) is 0.255. The number of nitrogens with one attached hydrogen (secondary N) is 1. The molecule has 1 amide bonds. The number of amides is 1. The summed E-state index contributed by atoms with van der Waals surface area (Å²) in [6, 6.07) is 3.10. The summed E-state index contributed by atoms with van der Waals surface area (Å²) >= 11 is 11.8. The molecule has 0 saturated heterocycles. The second-order valence-corrected chi connectivity index (χ2v) is 4.18. The fourth-order valence-corrected chi connectivity index (χ4v) is 1.86. The summed E-state index contributed by atoms with van der Waals surface area (Å²) < 4.78 is 5.36. The molecule has 0 heterocycles. The molecule has 17 heavy (non-hydrogen) atoms. The maximum Gasteiger partial charge on any atom is 0.223 e. The average Bonchev–Trinajstić information content (AvgIpc) is 2.22. The number of carbonyl (C=O) groups excluding carboxylic acids is 1. The highest BCUT2D eigenvalue weighted by Gasteiger charge is 2.09. The number of halogens is 2. The standard InChI is InChI=1S/C11H14Cl2N2O2/c1-2-15-10(16)3-4-17-11-8(12)5-7(14)6-9(11)13/h5-6H,2-4,14H2,1H3,(H,15,16). The molecule has 0 saturated carbocycles. The van der Waals surface area contributed by atoms with Crippen molar-refractivity contribution < 1.29 is 9.53 Å². The molecule has 0 aliphatic rings. The molecule has 0 spiro atoms. The van der Waals surface area contributed by atoms with Gasteiger partial charge in [-0.2, -0.15) is 0 Å². The van der Waals surface area contributed by atoms with Crippen molar-refractivity contribution >= 4 is 34.8 Å². The van der Waals surface area contributed by atoms with E-state index in [4.69, 9.17) is 33.7 Å². The van der Waals surface area contributed by atoms with Gasteiger partial charge < -0.3 is 15.8 Å². The number of anilines is 1. The molecule has 1 aromatic carbocycles. The molecule has 3 N–H and O–H groups in total. The predicted octanol–water partition coefficient (Wildman–Crippen LogP) is 2.48. The van der Waals surface area contributed by atoms with Gasteiger partial charge in [-0.05, 0) is 19.1 Å². The van der Waals surface area contributed by atoms with Gasteiger partial charge in [0, 0.05) is 12.2 Å². The van der Waals surface area contributed by atoms with Crippen LogP contribution in [0.4, 0.5) is 5.69 Å². The van der Waals surface area contributed by atoms with Crippen LogP contribution in [0.2, 0.25) is 10.0 Å². The number of hydrogen-bond donors (Lipinski definition) is 2. The van der Waals surface area contributed by atoms with Gasteiger partial charge in [-0.3, -0.25) is 4.79 Å². The number of hydrogen-bond acceptors (Lipinski definition) is 3. The first-order valence-corrected chi connectivity index (χ1v) is 5.94. The van der Waals surface area contributed by atoms with E-state index in [2.05, 4.69) is 5.32 Å². The molecule has 0 aliphatic carbocycles. The summed E-state index contributed by atoms with van der Waals surface area (Å²) in [7, 11) is 0. The lowest BCUT2D eigenvalue weighted by molar-refractivity contribution is -0.121. The van der Waals surface area contributed by atoms with Crippen LogP contribution in [0, 0.1) is 0 Å². The van der Waals surface area contributed by atoms with Crippen LogP contribution >= 0.6 is 23.2 Å². The van der Waals surface area contributed by atoms with Crippen LogP contribution in [-0.4, -0.2) is 19.1 Å². The molecule has 0 fully saturated rings. The quantitative estimate of drug-likeness (QED) is 0.813.